The maximum Gasteiger partial charge on any atom is 0.280 e. The monoisotopic (exact) mass is 460 g/mol. The SMILES string of the molecule is CCn1nc(C(=O)N2CCCSC2=Nc2ccc(Cl)c(Cl)c2)c2ccccc2c1=O. The fraction of sp³-hybridized carbons (Fsp3) is 0.238. The third-order valence-corrected chi connectivity index (χ3v) is 6.53. The van der Waals surface area contributed by atoms with Crippen molar-refractivity contribution in [1.82, 2.24) is 14.7 Å². The van der Waals surface area contributed by atoms with Crippen LogP contribution in [0.4, 0.5) is 5.69 Å². The van der Waals surface area contributed by atoms with Crippen LogP contribution in [0.15, 0.2) is 52.3 Å². The summed E-state index contributed by atoms with van der Waals surface area (Å²) >= 11 is 13.6. The predicted octanol–water partition coefficient (Wildman–Crippen LogP) is 4.99. The maximum absolute atomic E-state index is 13.5. The number of aliphatic imine (C=N–C) groups is 1. The Labute approximate surface area is 187 Å². The lowest BCUT2D eigenvalue weighted by Crippen LogP contribution is -2.40. The average Bonchev–Trinajstić information content (AvgIpc) is 2.77. The second-order valence-electron chi connectivity index (χ2n) is 6.67. The van der Waals surface area contributed by atoms with E-state index in [0.29, 0.717) is 44.8 Å². The summed E-state index contributed by atoms with van der Waals surface area (Å²) in [4.78, 5) is 32.4. The van der Waals surface area contributed by atoms with Crippen LogP contribution in [-0.2, 0) is 6.54 Å². The van der Waals surface area contributed by atoms with E-state index in [9.17, 15) is 9.59 Å². The summed E-state index contributed by atoms with van der Waals surface area (Å²) in [6.45, 7) is 2.72. The normalized spacial score (nSPS) is 15.7. The first-order chi connectivity index (χ1) is 14.5. The zero-order chi connectivity index (χ0) is 21.3. The van der Waals surface area contributed by atoms with Crippen molar-refractivity contribution < 1.29 is 4.79 Å². The minimum absolute atomic E-state index is 0.206. The molecule has 1 saturated heterocycles. The van der Waals surface area contributed by atoms with Crippen molar-refractivity contribution in [2.75, 3.05) is 12.3 Å². The number of nitrogens with zero attached hydrogens (tertiary/aromatic N) is 4. The van der Waals surface area contributed by atoms with Crippen LogP contribution in [0.3, 0.4) is 0 Å². The lowest BCUT2D eigenvalue weighted by molar-refractivity contribution is 0.0843. The van der Waals surface area contributed by atoms with Gasteiger partial charge in [0.15, 0.2) is 10.9 Å². The van der Waals surface area contributed by atoms with Gasteiger partial charge in [0.1, 0.15) is 0 Å². The van der Waals surface area contributed by atoms with Gasteiger partial charge in [0, 0.05) is 24.2 Å². The molecule has 1 aliphatic rings. The van der Waals surface area contributed by atoms with Crippen LogP contribution in [0, 0.1) is 0 Å². The number of hydrogen-bond acceptors (Lipinski definition) is 5. The van der Waals surface area contributed by atoms with E-state index in [1.165, 1.54) is 16.4 Å². The van der Waals surface area contributed by atoms with E-state index in [-0.39, 0.29) is 17.2 Å². The first-order valence-corrected chi connectivity index (χ1v) is 11.2. The zero-order valence-corrected chi connectivity index (χ0v) is 18.5. The summed E-state index contributed by atoms with van der Waals surface area (Å²) in [6, 6.07) is 12.2. The van der Waals surface area contributed by atoms with Gasteiger partial charge in [-0.15, -0.1) is 0 Å². The minimum Gasteiger partial charge on any atom is -0.286 e. The highest BCUT2D eigenvalue weighted by molar-refractivity contribution is 8.13. The lowest BCUT2D eigenvalue weighted by Gasteiger charge is -2.28. The predicted molar refractivity (Wildman–Crippen MR) is 123 cm³/mol. The summed E-state index contributed by atoms with van der Waals surface area (Å²) < 4.78 is 1.32. The highest BCUT2D eigenvalue weighted by Crippen LogP contribution is 2.29. The summed E-state index contributed by atoms with van der Waals surface area (Å²) in [5.74, 6) is 0.575. The molecule has 2 heterocycles. The molecule has 0 bridgehead atoms. The van der Waals surface area contributed by atoms with Crippen LogP contribution in [0.5, 0.6) is 0 Å². The largest absolute Gasteiger partial charge is 0.286 e. The third kappa shape index (κ3) is 3.97. The zero-order valence-electron chi connectivity index (χ0n) is 16.1. The molecule has 1 amide bonds. The number of aromatic nitrogens is 2. The lowest BCUT2D eigenvalue weighted by atomic mass is 10.1. The summed E-state index contributed by atoms with van der Waals surface area (Å²) in [5.41, 5.74) is 0.654. The van der Waals surface area contributed by atoms with Crippen LogP contribution in [-0.4, -0.2) is 38.1 Å². The minimum atomic E-state index is -0.278. The second kappa shape index (κ2) is 8.79. The molecule has 2 aromatic carbocycles. The van der Waals surface area contributed by atoms with Gasteiger partial charge in [0.25, 0.3) is 11.5 Å². The van der Waals surface area contributed by atoms with Crippen LogP contribution < -0.4 is 5.56 Å². The van der Waals surface area contributed by atoms with E-state index in [0.717, 1.165) is 12.2 Å². The Morgan fingerprint density at radius 3 is 2.67 bits per heavy atom. The highest BCUT2D eigenvalue weighted by atomic mass is 35.5. The number of carbonyl (C=O) groups is 1. The molecule has 9 heteroatoms. The molecular formula is C21H18Cl2N4O2S. The van der Waals surface area contributed by atoms with Crippen LogP contribution >= 0.6 is 35.0 Å². The Bertz CT molecular complexity index is 1230. The van der Waals surface area contributed by atoms with Crippen molar-refractivity contribution in [2.24, 2.45) is 4.99 Å². The van der Waals surface area contributed by atoms with Crippen molar-refractivity contribution in [3.8, 4) is 0 Å². The van der Waals surface area contributed by atoms with Gasteiger partial charge in [0.05, 0.1) is 21.1 Å². The Hall–Kier alpha value is -2.35. The first-order valence-electron chi connectivity index (χ1n) is 9.48. The molecule has 0 spiro atoms. The standard InChI is InChI=1S/C21H18Cl2N4O2S/c1-2-27-19(28)15-7-4-3-6-14(15)18(25-27)20(29)26-10-5-11-30-21(26)24-13-8-9-16(22)17(23)12-13/h3-4,6-9,12H,2,5,10-11H2,1H3. The number of rotatable bonds is 3. The Kier molecular flexibility index (Phi) is 6.13. The molecule has 154 valence electrons. The molecule has 30 heavy (non-hydrogen) atoms. The molecule has 0 atom stereocenters. The molecule has 0 saturated carbocycles. The number of amidine groups is 1. The van der Waals surface area contributed by atoms with Gasteiger partial charge in [-0.1, -0.05) is 53.2 Å². The molecule has 1 aliphatic heterocycles. The van der Waals surface area contributed by atoms with Crippen LogP contribution in [0.25, 0.3) is 10.8 Å². The van der Waals surface area contributed by atoms with Crippen LogP contribution in [0.1, 0.15) is 23.8 Å². The smallest absolute Gasteiger partial charge is 0.280 e. The number of fused-ring (bicyclic) bond motifs is 1. The number of thioether (sulfide) groups is 1. The average molecular weight is 461 g/mol. The van der Waals surface area contributed by atoms with E-state index in [1.54, 1.807) is 47.4 Å². The summed E-state index contributed by atoms with van der Waals surface area (Å²) in [5, 5.41) is 6.81. The topological polar surface area (TPSA) is 67.6 Å². The second-order valence-corrected chi connectivity index (χ2v) is 8.54. The number of benzene rings is 2. The molecule has 1 aromatic heterocycles. The van der Waals surface area contributed by atoms with E-state index >= 15 is 0 Å². The van der Waals surface area contributed by atoms with Gasteiger partial charge >= 0.3 is 0 Å². The quantitative estimate of drug-likeness (QED) is 0.551. The summed E-state index contributed by atoms with van der Waals surface area (Å²) in [7, 11) is 0. The highest BCUT2D eigenvalue weighted by Gasteiger charge is 2.28. The molecule has 0 unspecified atom stereocenters. The first kappa shape index (κ1) is 20.9. The van der Waals surface area contributed by atoms with Gasteiger partial charge in [0.2, 0.25) is 0 Å². The van der Waals surface area contributed by atoms with Crippen molar-refractivity contribution >= 4 is 62.5 Å². The van der Waals surface area contributed by atoms with Crippen molar-refractivity contribution in [3.05, 3.63) is 68.6 Å². The number of aryl methyl sites for hydroxylation is 1. The van der Waals surface area contributed by atoms with E-state index in [2.05, 4.69) is 10.1 Å². The molecule has 4 rings (SSSR count). The molecule has 6 nitrogen and oxygen atoms in total. The van der Waals surface area contributed by atoms with Crippen molar-refractivity contribution in [2.45, 2.75) is 19.9 Å². The van der Waals surface area contributed by atoms with Gasteiger partial charge in [-0.2, -0.15) is 5.10 Å². The Balaban J connectivity index is 1.79. The molecule has 1 fully saturated rings. The van der Waals surface area contributed by atoms with Crippen molar-refractivity contribution in [1.29, 1.82) is 0 Å². The number of hydrogen-bond donors (Lipinski definition) is 0. The summed E-state index contributed by atoms with van der Waals surface area (Å²) in [6.07, 6.45) is 0.835. The number of amides is 1. The molecule has 0 radical (unpaired) electrons. The molecule has 3 aromatic rings. The molecular weight excluding hydrogens is 443 g/mol. The number of carbonyl (C=O) groups excluding carboxylic acids is 1. The third-order valence-electron chi connectivity index (χ3n) is 4.73. The van der Waals surface area contributed by atoms with Gasteiger partial charge < -0.3 is 0 Å². The molecule has 0 N–H and O–H groups in total. The van der Waals surface area contributed by atoms with Crippen molar-refractivity contribution in [3.63, 3.8) is 0 Å². The van der Waals surface area contributed by atoms with E-state index in [1.807, 2.05) is 6.92 Å². The van der Waals surface area contributed by atoms with E-state index < -0.39 is 0 Å². The Morgan fingerprint density at radius 2 is 1.93 bits per heavy atom. The van der Waals surface area contributed by atoms with E-state index in [4.69, 9.17) is 23.2 Å². The molecule has 0 aliphatic carbocycles. The fourth-order valence-electron chi connectivity index (χ4n) is 3.24. The van der Waals surface area contributed by atoms with Gasteiger partial charge in [-0.3, -0.25) is 14.5 Å². The Morgan fingerprint density at radius 1 is 1.17 bits per heavy atom. The maximum atomic E-state index is 13.5. The van der Waals surface area contributed by atoms with Gasteiger partial charge in [-0.25, -0.2) is 9.67 Å². The fourth-order valence-corrected chi connectivity index (χ4v) is 4.49. The van der Waals surface area contributed by atoms with Gasteiger partial charge in [-0.05, 0) is 37.6 Å². The number of halogens is 2. The van der Waals surface area contributed by atoms with Crippen LogP contribution in [0.2, 0.25) is 10.0 Å².